The Balaban J connectivity index is 0.000000250. The van der Waals surface area contributed by atoms with Gasteiger partial charge in [-0.05, 0) is 38.1 Å². The van der Waals surface area contributed by atoms with E-state index >= 15 is 0 Å². The molecule has 0 aromatic heterocycles. The second-order valence-corrected chi connectivity index (χ2v) is 11.1. The van der Waals surface area contributed by atoms with Crippen molar-refractivity contribution in [3.8, 4) is 0 Å². The summed E-state index contributed by atoms with van der Waals surface area (Å²) in [5, 5.41) is 0. The summed E-state index contributed by atoms with van der Waals surface area (Å²) >= 11 is 2.62. The van der Waals surface area contributed by atoms with Crippen LogP contribution in [0.4, 0.5) is 0 Å². The Morgan fingerprint density at radius 2 is 0.848 bits per heavy atom. The summed E-state index contributed by atoms with van der Waals surface area (Å²) in [7, 11) is 0. The van der Waals surface area contributed by atoms with Gasteiger partial charge in [-0.3, -0.25) is 0 Å². The van der Waals surface area contributed by atoms with Crippen LogP contribution in [0.2, 0.25) is 0 Å². The minimum Gasteiger partial charge on any atom is -0.464 e. The number of rotatable bonds is 14. The van der Waals surface area contributed by atoms with Crippen molar-refractivity contribution in [2.24, 2.45) is 0 Å². The van der Waals surface area contributed by atoms with Crippen LogP contribution in [0.5, 0.6) is 0 Å². The molecule has 236 valence electrons. The van der Waals surface area contributed by atoms with E-state index in [4.69, 9.17) is 18.9 Å². The Morgan fingerprint density at radius 1 is 0.543 bits per heavy atom. The lowest BCUT2D eigenvalue weighted by Gasteiger charge is -2.13. The van der Waals surface area contributed by atoms with Crippen LogP contribution in [0.25, 0.3) is 11.5 Å². The predicted molar refractivity (Wildman–Crippen MR) is 187 cm³/mol. The smallest absolute Gasteiger partial charge is 0.348 e. The fraction of sp³-hybridized carbons (Fsp3) is 0.105. The molecule has 0 heterocycles. The zero-order chi connectivity index (χ0) is 33.0. The Kier molecular flexibility index (Phi) is 15.6. The van der Waals surface area contributed by atoms with Gasteiger partial charge < -0.3 is 18.9 Å². The lowest BCUT2D eigenvalue weighted by atomic mass is 10.2. The third-order valence-electron chi connectivity index (χ3n) is 5.73. The average Bonchev–Trinajstić information content (AvgIpc) is 3.10. The monoisotopic (exact) mass is 652 g/mol. The Hall–Kier alpha value is -4.92. The fourth-order valence-corrected chi connectivity index (χ4v) is 5.68. The molecule has 0 aliphatic carbocycles. The van der Waals surface area contributed by atoms with Gasteiger partial charge in [0.15, 0.2) is 11.5 Å². The normalized spacial score (nSPS) is 11.3. The van der Waals surface area contributed by atoms with Crippen LogP contribution in [0.1, 0.15) is 25.0 Å². The van der Waals surface area contributed by atoms with E-state index in [0.717, 1.165) is 20.9 Å². The lowest BCUT2D eigenvalue weighted by molar-refractivity contribution is -0.138. The van der Waals surface area contributed by atoms with Crippen LogP contribution in [0.15, 0.2) is 167 Å². The van der Waals surface area contributed by atoms with Crippen LogP contribution in [-0.4, -0.2) is 25.2 Å². The van der Waals surface area contributed by atoms with Crippen molar-refractivity contribution in [2.45, 2.75) is 23.6 Å². The summed E-state index contributed by atoms with van der Waals surface area (Å²) in [4.78, 5) is 27.5. The Morgan fingerprint density at radius 3 is 1.13 bits per heavy atom. The highest BCUT2D eigenvalue weighted by Crippen LogP contribution is 2.36. The molecule has 0 saturated heterocycles. The molecular formula is C38H36O6S2. The number of carbonyl (C=O) groups excluding carboxylic acids is 2. The third-order valence-corrected chi connectivity index (χ3v) is 7.86. The molecule has 0 atom stereocenters. The Labute approximate surface area is 279 Å². The fourth-order valence-electron chi connectivity index (χ4n) is 3.82. The van der Waals surface area contributed by atoms with Gasteiger partial charge in [-0.2, -0.15) is 0 Å². The van der Waals surface area contributed by atoms with E-state index in [1.165, 1.54) is 36.0 Å². The summed E-state index contributed by atoms with van der Waals surface area (Å²) in [6.45, 7) is 11.4. The molecule has 0 unspecified atom stereocenters. The van der Waals surface area contributed by atoms with Gasteiger partial charge in [0.25, 0.3) is 0 Å². The molecule has 0 fully saturated rings. The van der Waals surface area contributed by atoms with Crippen molar-refractivity contribution >= 4 is 47.0 Å². The van der Waals surface area contributed by atoms with Crippen molar-refractivity contribution in [3.05, 3.63) is 168 Å². The standard InChI is InChI=1S/2C19H18O3S/c2*1-3-21-17(15-11-7-5-8-12-15)18(19(20)22-4-2)23-16-13-9-6-10-14-16/h2*3,5-14H,1,4H2,2H3/b2*18-17-. The molecule has 4 aromatic carbocycles. The van der Waals surface area contributed by atoms with E-state index in [-0.39, 0.29) is 0 Å². The maximum Gasteiger partial charge on any atom is 0.348 e. The quantitative estimate of drug-likeness (QED) is 0.0577. The molecule has 0 amide bonds. The minimum absolute atomic E-state index is 0.299. The summed E-state index contributed by atoms with van der Waals surface area (Å²) in [6.07, 6.45) is 2.63. The van der Waals surface area contributed by atoms with Crippen LogP contribution in [-0.2, 0) is 28.5 Å². The third kappa shape index (κ3) is 11.2. The first-order chi connectivity index (χ1) is 22.5. The van der Waals surface area contributed by atoms with Gasteiger partial charge in [0, 0.05) is 20.9 Å². The van der Waals surface area contributed by atoms with Gasteiger partial charge in [0.05, 0.1) is 25.7 Å². The van der Waals surface area contributed by atoms with Crippen molar-refractivity contribution in [1.82, 2.24) is 0 Å². The van der Waals surface area contributed by atoms with E-state index < -0.39 is 11.9 Å². The first-order valence-corrected chi connectivity index (χ1v) is 16.1. The van der Waals surface area contributed by atoms with Crippen LogP contribution < -0.4 is 0 Å². The number of benzene rings is 4. The highest BCUT2D eigenvalue weighted by Gasteiger charge is 2.22. The topological polar surface area (TPSA) is 71.1 Å². The Bertz CT molecular complexity index is 1480. The summed E-state index contributed by atoms with van der Waals surface area (Å²) < 4.78 is 21.5. The van der Waals surface area contributed by atoms with E-state index in [1.54, 1.807) is 13.8 Å². The zero-order valence-corrected chi connectivity index (χ0v) is 27.4. The predicted octanol–water partition coefficient (Wildman–Crippen LogP) is 9.74. The molecule has 4 rings (SSSR count). The van der Waals surface area contributed by atoms with Gasteiger partial charge >= 0.3 is 11.9 Å². The first kappa shape index (κ1) is 35.6. The number of ether oxygens (including phenoxy) is 4. The molecule has 4 aromatic rings. The van der Waals surface area contributed by atoms with Gasteiger partial charge in [0.2, 0.25) is 0 Å². The van der Waals surface area contributed by atoms with E-state index in [9.17, 15) is 9.59 Å². The highest BCUT2D eigenvalue weighted by atomic mass is 32.2. The maximum absolute atomic E-state index is 12.4. The van der Waals surface area contributed by atoms with Gasteiger partial charge in [-0.25, -0.2) is 9.59 Å². The van der Waals surface area contributed by atoms with E-state index in [0.29, 0.717) is 34.5 Å². The van der Waals surface area contributed by atoms with Crippen molar-refractivity contribution in [3.63, 3.8) is 0 Å². The molecule has 6 nitrogen and oxygen atoms in total. The molecule has 0 saturated carbocycles. The summed E-state index contributed by atoms with van der Waals surface area (Å²) in [5.41, 5.74) is 1.58. The molecule has 0 N–H and O–H groups in total. The molecule has 0 radical (unpaired) electrons. The number of carbonyl (C=O) groups is 2. The summed E-state index contributed by atoms with van der Waals surface area (Å²) in [5.74, 6) is 0.0462. The van der Waals surface area contributed by atoms with Crippen molar-refractivity contribution in [2.75, 3.05) is 13.2 Å². The molecule has 46 heavy (non-hydrogen) atoms. The van der Waals surface area contributed by atoms with Crippen molar-refractivity contribution < 1.29 is 28.5 Å². The molecule has 8 heteroatoms. The number of hydrogen-bond acceptors (Lipinski definition) is 8. The highest BCUT2D eigenvalue weighted by molar-refractivity contribution is 8.04. The van der Waals surface area contributed by atoms with Gasteiger partial charge in [0.1, 0.15) is 9.81 Å². The van der Waals surface area contributed by atoms with Crippen LogP contribution in [0.3, 0.4) is 0 Å². The minimum atomic E-state index is -0.415. The SMILES string of the molecule is C=CO/C(=C(\Sc1ccccc1)C(=O)OCC)c1ccccc1.C=CO/C(=C(\Sc1ccccc1)C(=O)OCC)c1ccccc1. The molecule has 0 spiro atoms. The van der Waals surface area contributed by atoms with Crippen LogP contribution >= 0.6 is 23.5 Å². The molecule has 0 aliphatic heterocycles. The zero-order valence-electron chi connectivity index (χ0n) is 25.8. The second kappa shape index (κ2) is 20.2. The molecular weight excluding hydrogens is 617 g/mol. The summed E-state index contributed by atoms with van der Waals surface area (Å²) in [6, 6.07) is 38.1. The van der Waals surface area contributed by atoms with Gasteiger partial charge in [-0.15, -0.1) is 0 Å². The lowest BCUT2D eigenvalue weighted by Crippen LogP contribution is -2.08. The second-order valence-electron chi connectivity index (χ2n) is 8.89. The van der Waals surface area contributed by atoms with Crippen molar-refractivity contribution in [1.29, 1.82) is 0 Å². The largest absolute Gasteiger partial charge is 0.464 e. The van der Waals surface area contributed by atoms with E-state index in [1.807, 2.05) is 121 Å². The number of hydrogen-bond donors (Lipinski definition) is 0. The average molecular weight is 653 g/mol. The van der Waals surface area contributed by atoms with E-state index in [2.05, 4.69) is 13.2 Å². The number of thioether (sulfide) groups is 2. The van der Waals surface area contributed by atoms with Gasteiger partial charge in [-0.1, -0.05) is 134 Å². The molecule has 0 aliphatic rings. The first-order valence-electron chi connectivity index (χ1n) is 14.5. The number of esters is 2. The van der Waals surface area contributed by atoms with Crippen LogP contribution in [0, 0.1) is 0 Å². The molecule has 0 bridgehead atoms. The maximum atomic E-state index is 12.4.